The molecule has 0 saturated carbocycles. The number of fused-ring (bicyclic) bond motifs is 1. The molecule has 2 heterocycles. The monoisotopic (exact) mass is 465 g/mol. The molecule has 0 amide bonds. The predicted octanol–water partition coefficient (Wildman–Crippen LogP) is 1.79. The van der Waals surface area contributed by atoms with Crippen LogP contribution in [0, 0.1) is 6.92 Å². The summed E-state index contributed by atoms with van der Waals surface area (Å²) in [4.78, 5) is 31.5. The van der Waals surface area contributed by atoms with E-state index in [1.807, 2.05) is 31.2 Å². The fourth-order valence-electron chi connectivity index (χ4n) is 3.56. The zero-order valence-electron chi connectivity index (χ0n) is 19.2. The number of nitrogens with one attached hydrogen (secondary N) is 2. The van der Waals surface area contributed by atoms with Gasteiger partial charge in [0.05, 0.1) is 13.7 Å². The number of imidazole rings is 1. The SMILES string of the molecule is COc1ccc(OCC(O)Cn2c(NCc3ccc(C)cc3)nc3c2c(=O)[nH]c(=O)n3C)cc1. The summed E-state index contributed by atoms with van der Waals surface area (Å²) < 4.78 is 13.7. The highest BCUT2D eigenvalue weighted by Crippen LogP contribution is 2.19. The molecule has 10 nitrogen and oxygen atoms in total. The number of rotatable bonds is 9. The Balaban J connectivity index is 1.58. The van der Waals surface area contributed by atoms with Gasteiger partial charge in [-0.25, -0.2) is 4.79 Å². The summed E-state index contributed by atoms with van der Waals surface area (Å²) in [5.41, 5.74) is 1.46. The van der Waals surface area contributed by atoms with Gasteiger partial charge in [-0.3, -0.25) is 14.3 Å². The van der Waals surface area contributed by atoms with Gasteiger partial charge in [0.15, 0.2) is 11.2 Å². The first-order chi connectivity index (χ1) is 16.4. The van der Waals surface area contributed by atoms with Crippen molar-refractivity contribution in [1.29, 1.82) is 0 Å². The zero-order valence-corrected chi connectivity index (χ0v) is 19.2. The van der Waals surface area contributed by atoms with E-state index in [-0.39, 0.29) is 24.3 Å². The molecule has 1 unspecified atom stereocenters. The maximum absolute atomic E-state index is 12.6. The molecular weight excluding hydrogens is 438 g/mol. The first-order valence-corrected chi connectivity index (χ1v) is 10.8. The summed E-state index contributed by atoms with van der Waals surface area (Å²) in [6.45, 7) is 2.49. The number of aromatic amines is 1. The van der Waals surface area contributed by atoms with E-state index < -0.39 is 17.4 Å². The summed E-state index contributed by atoms with van der Waals surface area (Å²) >= 11 is 0. The number of aryl methyl sites for hydroxylation is 2. The van der Waals surface area contributed by atoms with E-state index in [2.05, 4.69) is 15.3 Å². The lowest BCUT2D eigenvalue weighted by atomic mass is 10.1. The van der Waals surface area contributed by atoms with Gasteiger partial charge >= 0.3 is 5.69 Å². The van der Waals surface area contributed by atoms with E-state index in [4.69, 9.17) is 9.47 Å². The van der Waals surface area contributed by atoms with Crippen LogP contribution in [-0.2, 0) is 20.1 Å². The lowest BCUT2D eigenvalue weighted by Gasteiger charge is -2.16. The Morgan fingerprint density at radius 2 is 1.76 bits per heavy atom. The van der Waals surface area contributed by atoms with Crippen LogP contribution in [0.4, 0.5) is 5.95 Å². The summed E-state index contributed by atoms with van der Waals surface area (Å²) in [6.07, 6.45) is -0.948. The molecule has 2 aromatic heterocycles. The van der Waals surface area contributed by atoms with Crippen molar-refractivity contribution >= 4 is 17.1 Å². The highest BCUT2D eigenvalue weighted by molar-refractivity contribution is 5.74. The van der Waals surface area contributed by atoms with Crippen molar-refractivity contribution in [2.24, 2.45) is 7.05 Å². The van der Waals surface area contributed by atoms with Crippen molar-refractivity contribution in [2.45, 2.75) is 26.1 Å². The van der Waals surface area contributed by atoms with Crippen molar-refractivity contribution in [3.05, 3.63) is 80.5 Å². The van der Waals surface area contributed by atoms with E-state index in [0.29, 0.717) is 24.0 Å². The van der Waals surface area contributed by atoms with Gasteiger partial charge in [-0.15, -0.1) is 0 Å². The predicted molar refractivity (Wildman–Crippen MR) is 129 cm³/mol. The number of benzene rings is 2. The number of ether oxygens (including phenoxy) is 2. The van der Waals surface area contributed by atoms with E-state index in [1.165, 1.54) is 11.6 Å². The minimum absolute atomic E-state index is 0.00687. The van der Waals surface area contributed by atoms with Crippen LogP contribution in [0.2, 0.25) is 0 Å². The van der Waals surface area contributed by atoms with Crippen molar-refractivity contribution in [3.8, 4) is 11.5 Å². The fourth-order valence-corrected chi connectivity index (χ4v) is 3.56. The third-order valence-electron chi connectivity index (χ3n) is 5.47. The van der Waals surface area contributed by atoms with Gasteiger partial charge in [0.25, 0.3) is 5.56 Å². The van der Waals surface area contributed by atoms with E-state index in [1.54, 1.807) is 35.9 Å². The lowest BCUT2D eigenvalue weighted by molar-refractivity contribution is 0.0938. The summed E-state index contributed by atoms with van der Waals surface area (Å²) in [6, 6.07) is 15.0. The molecule has 0 aliphatic heterocycles. The molecule has 10 heteroatoms. The number of H-pyrrole nitrogens is 1. The molecule has 0 spiro atoms. The van der Waals surface area contributed by atoms with Crippen LogP contribution in [0.15, 0.2) is 58.1 Å². The van der Waals surface area contributed by atoms with Gasteiger partial charge in [-0.05, 0) is 36.8 Å². The van der Waals surface area contributed by atoms with Gasteiger partial charge in [0, 0.05) is 13.6 Å². The molecular formula is C24H27N5O5. The summed E-state index contributed by atoms with van der Waals surface area (Å²) in [7, 11) is 3.11. The average molecular weight is 466 g/mol. The van der Waals surface area contributed by atoms with Crippen molar-refractivity contribution in [1.82, 2.24) is 19.1 Å². The molecule has 178 valence electrons. The van der Waals surface area contributed by atoms with Crippen LogP contribution in [0.5, 0.6) is 11.5 Å². The second-order valence-electron chi connectivity index (χ2n) is 8.02. The quantitative estimate of drug-likeness (QED) is 0.344. The second kappa shape index (κ2) is 9.84. The van der Waals surface area contributed by atoms with Crippen molar-refractivity contribution in [3.63, 3.8) is 0 Å². The molecule has 0 radical (unpaired) electrons. The van der Waals surface area contributed by atoms with E-state index in [0.717, 1.165) is 11.1 Å². The van der Waals surface area contributed by atoms with Crippen LogP contribution in [0.25, 0.3) is 11.2 Å². The number of hydrogen-bond donors (Lipinski definition) is 3. The highest BCUT2D eigenvalue weighted by atomic mass is 16.5. The van der Waals surface area contributed by atoms with Crippen LogP contribution in [-0.4, -0.2) is 44.0 Å². The van der Waals surface area contributed by atoms with Gasteiger partial charge in [0.2, 0.25) is 5.95 Å². The Morgan fingerprint density at radius 1 is 1.09 bits per heavy atom. The molecule has 0 fully saturated rings. The maximum Gasteiger partial charge on any atom is 0.329 e. The minimum Gasteiger partial charge on any atom is -0.497 e. The molecule has 34 heavy (non-hydrogen) atoms. The molecule has 2 aromatic carbocycles. The van der Waals surface area contributed by atoms with Crippen LogP contribution < -0.4 is 26.0 Å². The molecule has 0 saturated heterocycles. The smallest absolute Gasteiger partial charge is 0.329 e. The number of methoxy groups -OCH3 is 1. The number of aliphatic hydroxyl groups is 1. The van der Waals surface area contributed by atoms with E-state index >= 15 is 0 Å². The fraction of sp³-hybridized carbons (Fsp3) is 0.292. The zero-order chi connectivity index (χ0) is 24.2. The van der Waals surface area contributed by atoms with Gasteiger partial charge in [0.1, 0.15) is 24.2 Å². The minimum atomic E-state index is -0.948. The first kappa shape index (κ1) is 23.1. The van der Waals surface area contributed by atoms with Crippen LogP contribution in [0.3, 0.4) is 0 Å². The Hall–Kier alpha value is -4.05. The highest BCUT2D eigenvalue weighted by Gasteiger charge is 2.20. The number of nitrogens with zero attached hydrogens (tertiary/aromatic N) is 3. The number of aliphatic hydroxyl groups excluding tert-OH is 1. The van der Waals surface area contributed by atoms with E-state index in [9.17, 15) is 14.7 Å². The van der Waals surface area contributed by atoms with Crippen molar-refractivity contribution < 1.29 is 14.6 Å². The molecule has 0 bridgehead atoms. The second-order valence-corrected chi connectivity index (χ2v) is 8.02. The molecule has 4 aromatic rings. The average Bonchev–Trinajstić information content (AvgIpc) is 3.20. The standard InChI is InChI=1S/C24H27N5O5/c1-15-4-6-16(7-5-15)12-25-23-26-21-20(22(31)27-24(32)28(21)2)29(23)13-17(30)14-34-19-10-8-18(33-3)9-11-19/h4-11,17,30H,12-14H2,1-3H3,(H,25,26)(H,27,31,32). The first-order valence-electron chi connectivity index (χ1n) is 10.8. The van der Waals surface area contributed by atoms with Gasteiger partial charge < -0.3 is 24.5 Å². The molecule has 0 aliphatic rings. The largest absolute Gasteiger partial charge is 0.497 e. The van der Waals surface area contributed by atoms with Crippen LogP contribution in [0.1, 0.15) is 11.1 Å². The molecule has 4 rings (SSSR count). The van der Waals surface area contributed by atoms with Gasteiger partial charge in [-0.1, -0.05) is 29.8 Å². The van der Waals surface area contributed by atoms with Crippen molar-refractivity contribution in [2.75, 3.05) is 19.0 Å². The molecule has 0 aliphatic carbocycles. The Kier molecular flexibility index (Phi) is 6.69. The Morgan fingerprint density at radius 3 is 2.44 bits per heavy atom. The van der Waals surface area contributed by atoms with Gasteiger partial charge in [-0.2, -0.15) is 4.98 Å². The lowest BCUT2D eigenvalue weighted by Crippen LogP contribution is -2.31. The Bertz CT molecular complexity index is 1390. The molecule has 3 N–H and O–H groups in total. The maximum atomic E-state index is 12.6. The number of anilines is 1. The third kappa shape index (κ3) is 4.96. The summed E-state index contributed by atoms with van der Waals surface area (Å²) in [5.74, 6) is 1.64. The third-order valence-corrected chi connectivity index (χ3v) is 5.47. The molecule has 1 atom stereocenters. The Labute approximate surface area is 195 Å². The normalized spacial score (nSPS) is 12.0. The topological polar surface area (TPSA) is 123 Å². The van der Waals surface area contributed by atoms with Crippen LogP contribution >= 0.6 is 0 Å². The summed E-state index contributed by atoms with van der Waals surface area (Å²) in [5, 5.41) is 13.9. The number of aromatic nitrogens is 4. The number of hydrogen-bond acceptors (Lipinski definition) is 7.